The lowest BCUT2D eigenvalue weighted by atomic mass is 9.91. The number of nitrogens with zero attached hydrogens (tertiary/aromatic N) is 3. The number of carbonyl (C=O) groups is 1. The molecule has 1 amide bonds. The minimum atomic E-state index is -0.901. The number of primary amides is 1. The number of H-pyrrole nitrogens is 1. The summed E-state index contributed by atoms with van der Waals surface area (Å²) >= 11 is 0. The number of aromatic amines is 1. The second-order valence-electron chi connectivity index (χ2n) is 8.42. The van der Waals surface area contributed by atoms with Gasteiger partial charge >= 0.3 is 0 Å². The summed E-state index contributed by atoms with van der Waals surface area (Å²) in [5.74, 6) is 0.128. The van der Waals surface area contributed by atoms with Crippen LogP contribution in [-0.2, 0) is 14.3 Å². The molecule has 1 aromatic carbocycles. The van der Waals surface area contributed by atoms with Gasteiger partial charge in [-0.3, -0.25) is 4.79 Å². The highest BCUT2D eigenvalue weighted by Gasteiger charge is 2.39. The molecule has 0 spiro atoms. The van der Waals surface area contributed by atoms with E-state index in [1.807, 2.05) is 0 Å². The van der Waals surface area contributed by atoms with E-state index in [9.17, 15) is 9.18 Å². The van der Waals surface area contributed by atoms with Gasteiger partial charge in [0.2, 0.25) is 18.1 Å². The first-order chi connectivity index (χ1) is 15.4. The van der Waals surface area contributed by atoms with Crippen molar-refractivity contribution in [3.63, 3.8) is 0 Å². The summed E-state index contributed by atoms with van der Waals surface area (Å²) in [6, 6.07) is 8.22. The van der Waals surface area contributed by atoms with Gasteiger partial charge in [-0.05, 0) is 50.1 Å². The fourth-order valence-corrected chi connectivity index (χ4v) is 3.39. The van der Waals surface area contributed by atoms with Crippen LogP contribution >= 0.6 is 0 Å². The first-order valence-electron chi connectivity index (χ1n) is 10.4. The van der Waals surface area contributed by atoms with Crippen LogP contribution in [0.3, 0.4) is 0 Å². The average molecular weight is 438 g/mol. The summed E-state index contributed by atoms with van der Waals surface area (Å²) in [7, 11) is 0. The van der Waals surface area contributed by atoms with E-state index < -0.39 is 17.6 Å². The van der Waals surface area contributed by atoms with Crippen LogP contribution in [0, 0.1) is 11.2 Å². The van der Waals surface area contributed by atoms with E-state index in [1.165, 1.54) is 12.1 Å². The van der Waals surface area contributed by atoms with E-state index in [-0.39, 0.29) is 19.0 Å². The van der Waals surface area contributed by atoms with Crippen molar-refractivity contribution in [3.05, 3.63) is 48.2 Å². The first kappa shape index (κ1) is 20.5. The molecular formula is C22H23FN6O3. The van der Waals surface area contributed by atoms with Crippen LogP contribution in [0.1, 0.15) is 31.9 Å². The lowest BCUT2D eigenvalue weighted by Gasteiger charge is -2.34. The number of hydrogen-bond acceptors (Lipinski definition) is 7. The Bertz CT molecular complexity index is 1140. The zero-order chi connectivity index (χ0) is 22.3. The molecule has 5 rings (SSSR count). The molecule has 1 saturated heterocycles. The van der Waals surface area contributed by atoms with Crippen molar-refractivity contribution in [2.45, 2.75) is 32.1 Å². The van der Waals surface area contributed by atoms with Gasteiger partial charge in [-0.1, -0.05) is 0 Å². The zero-order valence-corrected chi connectivity index (χ0v) is 17.5. The third kappa shape index (κ3) is 4.06. The molecule has 2 aromatic heterocycles. The summed E-state index contributed by atoms with van der Waals surface area (Å²) in [5, 5.41) is 3.28. The highest BCUT2D eigenvalue weighted by atomic mass is 19.1. The van der Waals surface area contributed by atoms with Crippen molar-refractivity contribution < 1.29 is 18.7 Å². The van der Waals surface area contributed by atoms with Crippen LogP contribution in [-0.4, -0.2) is 45.1 Å². The van der Waals surface area contributed by atoms with Gasteiger partial charge in [0.25, 0.3) is 0 Å². The molecular weight excluding hydrogens is 415 g/mol. The summed E-state index contributed by atoms with van der Waals surface area (Å²) in [6.45, 7) is 1.91. The van der Waals surface area contributed by atoms with Crippen LogP contribution in [0.4, 0.5) is 10.3 Å². The Hall–Kier alpha value is -3.37. The van der Waals surface area contributed by atoms with Gasteiger partial charge in [0, 0.05) is 17.8 Å². The van der Waals surface area contributed by atoms with E-state index in [0.29, 0.717) is 40.5 Å². The number of rotatable bonds is 6. The third-order valence-corrected chi connectivity index (χ3v) is 5.59. The number of carbonyl (C=O) groups excluding carboxylic acids is 1. The predicted molar refractivity (Wildman–Crippen MR) is 114 cm³/mol. The molecule has 1 aliphatic heterocycles. The molecule has 2 aliphatic rings. The van der Waals surface area contributed by atoms with Crippen LogP contribution < -0.4 is 11.1 Å². The fraction of sp³-hybridized carbons (Fsp3) is 0.364. The van der Waals surface area contributed by atoms with Crippen LogP contribution in [0.2, 0.25) is 0 Å². The largest absolute Gasteiger partial charge is 0.369 e. The first-order valence-corrected chi connectivity index (χ1v) is 10.4. The van der Waals surface area contributed by atoms with Crippen molar-refractivity contribution in [2.24, 2.45) is 11.1 Å². The number of imidazole rings is 1. The smallest absolute Gasteiger partial charge is 0.228 e. The fourth-order valence-electron chi connectivity index (χ4n) is 3.39. The van der Waals surface area contributed by atoms with Crippen LogP contribution in [0.5, 0.6) is 0 Å². The van der Waals surface area contributed by atoms with E-state index >= 15 is 0 Å². The number of aromatic nitrogens is 4. The van der Waals surface area contributed by atoms with E-state index in [1.54, 1.807) is 31.3 Å². The quantitative estimate of drug-likeness (QED) is 0.540. The van der Waals surface area contributed by atoms with Gasteiger partial charge in [-0.15, -0.1) is 0 Å². The summed E-state index contributed by atoms with van der Waals surface area (Å²) < 4.78 is 25.0. The SMILES string of the molecule is CC1(C(N)=O)COC(c2nc(-c3ccc(F)cc3)c(-c3ccnc(NC4CC4)n3)[nH]2)OC1. The Morgan fingerprint density at radius 3 is 2.56 bits per heavy atom. The number of nitrogens with one attached hydrogen (secondary N) is 2. The second-order valence-corrected chi connectivity index (χ2v) is 8.42. The normalized spacial score (nSPS) is 23.1. The maximum atomic E-state index is 13.5. The van der Waals surface area contributed by atoms with E-state index in [2.05, 4.69) is 25.3 Å². The van der Waals surface area contributed by atoms with Gasteiger partial charge in [0.15, 0.2) is 5.82 Å². The molecule has 0 radical (unpaired) electrons. The molecule has 1 aliphatic carbocycles. The van der Waals surface area contributed by atoms with E-state index in [0.717, 1.165) is 12.8 Å². The van der Waals surface area contributed by atoms with Gasteiger partial charge in [0.1, 0.15) is 5.82 Å². The molecule has 32 heavy (non-hydrogen) atoms. The van der Waals surface area contributed by atoms with Crippen molar-refractivity contribution in [1.29, 1.82) is 0 Å². The van der Waals surface area contributed by atoms with Crippen molar-refractivity contribution in [2.75, 3.05) is 18.5 Å². The monoisotopic (exact) mass is 438 g/mol. The zero-order valence-electron chi connectivity index (χ0n) is 17.5. The lowest BCUT2D eigenvalue weighted by molar-refractivity contribution is -0.230. The van der Waals surface area contributed by atoms with Gasteiger partial charge in [-0.2, -0.15) is 0 Å². The maximum Gasteiger partial charge on any atom is 0.228 e. The third-order valence-electron chi connectivity index (χ3n) is 5.59. The molecule has 1 saturated carbocycles. The highest BCUT2D eigenvalue weighted by molar-refractivity contribution is 5.81. The predicted octanol–water partition coefficient (Wildman–Crippen LogP) is 2.78. The topological polar surface area (TPSA) is 128 Å². The molecule has 3 heterocycles. The Morgan fingerprint density at radius 2 is 1.91 bits per heavy atom. The molecule has 0 unspecified atom stereocenters. The molecule has 3 aromatic rings. The Balaban J connectivity index is 1.50. The van der Waals surface area contributed by atoms with Crippen LogP contribution in [0.15, 0.2) is 36.5 Å². The number of amides is 1. The molecule has 10 heteroatoms. The van der Waals surface area contributed by atoms with Crippen molar-refractivity contribution in [1.82, 2.24) is 19.9 Å². The Labute approximate surface area is 183 Å². The summed E-state index contributed by atoms with van der Waals surface area (Å²) in [6.07, 6.45) is 3.07. The van der Waals surface area contributed by atoms with Crippen molar-refractivity contribution >= 4 is 11.9 Å². The number of ether oxygens (including phenoxy) is 2. The lowest BCUT2D eigenvalue weighted by Crippen LogP contribution is -2.46. The molecule has 0 bridgehead atoms. The van der Waals surface area contributed by atoms with Gasteiger partial charge < -0.3 is 25.5 Å². The molecule has 0 atom stereocenters. The van der Waals surface area contributed by atoms with Crippen LogP contribution in [0.25, 0.3) is 22.6 Å². The van der Waals surface area contributed by atoms with Gasteiger partial charge in [0.05, 0.1) is 35.7 Å². The molecule has 4 N–H and O–H groups in total. The summed E-state index contributed by atoms with van der Waals surface area (Å²) in [5.41, 5.74) is 7.09. The highest BCUT2D eigenvalue weighted by Crippen LogP contribution is 2.35. The number of halogens is 1. The number of nitrogens with two attached hydrogens (primary N) is 1. The number of benzene rings is 1. The molecule has 2 fully saturated rings. The standard InChI is InChI=1S/C22H23FN6O3/c1-22(20(24)30)10-31-19(32-11-22)18-28-16(12-2-4-13(23)5-3-12)17(29-18)15-8-9-25-21(27-15)26-14-6-7-14/h2-5,8-9,14,19H,6-7,10-11H2,1H3,(H2,24,30)(H,28,29)(H,25,26,27). The molecule has 9 nitrogen and oxygen atoms in total. The maximum absolute atomic E-state index is 13.5. The Morgan fingerprint density at radius 1 is 1.19 bits per heavy atom. The van der Waals surface area contributed by atoms with Gasteiger partial charge in [-0.25, -0.2) is 19.3 Å². The number of hydrogen-bond donors (Lipinski definition) is 3. The summed E-state index contributed by atoms with van der Waals surface area (Å²) in [4.78, 5) is 28.5. The second kappa shape index (κ2) is 7.95. The van der Waals surface area contributed by atoms with E-state index in [4.69, 9.17) is 15.2 Å². The number of anilines is 1. The molecule has 166 valence electrons. The average Bonchev–Trinajstić information content (AvgIpc) is 3.49. The Kier molecular flexibility index (Phi) is 5.10. The minimum Gasteiger partial charge on any atom is -0.369 e. The minimum absolute atomic E-state index is 0.109. The van der Waals surface area contributed by atoms with Crippen molar-refractivity contribution in [3.8, 4) is 22.6 Å².